The number of aryl methyl sites for hydroxylation is 1. The van der Waals surface area contributed by atoms with E-state index in [0.29, 0.717) is 6.42 Å². The highest BCUT2D eigenvalue weighted by Crippen LogP contribution is 2.32. The average Bonchev–Trinajstić information content (AvgIpc) is 3.18. The number of hydrogen-bond donors (Lipinski definition) is 2. The number of thiazole rings is 1. The summed E-state index contributed by atoms with van der Waals surface area (Å²) in [6, 6.07) is 0. The Bertz CT molecular complexity index is 916. The maximum atomic E-state index is 13.2. The van der Waals surface area contributed by atoms with Gasteiger partial charge in [-0.25, -0.2) is 4.98 Å². The number of aliphatic hydroxyl groups excluding tert-OH is 2. The largest absolute Gasteiger partial charge is 0.457 e. The fourth-order valence-electron chi connectivity index (χ4n) is 4.39. The summed E-state index contributed by atoms with van der Waals surface area (Å²) in [7, 11) is 0. The van der Waals surface area contributed by atoms with Crippen molar-refractivity contribution < 1.29 is 24.5 Å². The van der Waals surface area contributed by atoms with Gasteiger partial charge in [0.2, 0.25) is 0 Å². The van der Waals surface area contributed by atoms with Crippen LogP contribution in [0.2, 0.25) is 0 Å². The SMILES string of the molecule is C/C1=C/CC(/C(C)=C/c2cnc(C)s2)OC(=O)CC(O)C(C)(C)C(=O)C(C)C(O)C(C)CCC1. The summed E-state index contributed by atoms with van der Waals surface area (Å²) in [4.78, 5) is 31.3. The smallest absolute Gasteiger partial charge is 0.309 e. The Hall–Kier alpha value is -1.83. The lowest BCUT2D eigenvalue weighted by atomic mass is 9.73. The molecule has 5 atom stereocenters. The summed E-state index contributed by atoms with van der Waals surface area (Å²) in [6.07, 6.45) is 6.23. The van der Waals surface area contributed by atoms with Gasteiger partial charge in [0.05, 0.1) is 29.1 Å². The van der Waals surface area contributed by atoms with E-state index in [2.05, 4.69) is 18.0 Å². The first kappa shape index (κ1) is 28.4. The molecule has 7 heteroatoms. The van der Waals surface area contributed by atoms with Gasteiger partial charge in [0.15, 0.2) is 0 Å². The third-order valence-electron chi connectivity index (χ3n) is 7.04. The fourth-order valence-corrected chi connectivity index (χ4v) is 5.19. The van der Waals surface area contributed by atoms with E-state index < -0.39 is 35.6 Å². The van der Waals surface area contributed by atoms with Crippen molar-refractivity contribution in [2.75, 3.05) is 0 Å². The van der Waals surface area contributed by atoms with Crippen LogP contribution < -0.4 is 0 Å². The van der Waals surface area contributed by atoms with Gasteiger partial charge < -0.3 is 14.9 Å². The molecule has 2 rings (SSSR count). The van der Waals surface area contributed by atoms with E-state index >= 15 is 0 Å². The maximum absolute atomic E-state index is 13.2. The summed E-state index contributed by atoms with van der Waals surface area (Å²) in [5, 5.41) is 22.6. The van der Waals surface area contributed by atoms with Gasteiger partial charge >= 0.3 is 5.97 Å². The molecular formula is C27H41NO5S. The van der Waals surface area contributed by atoms with E-state index in [-0.39, 0.29) is 18.1 Å². The number of aromatic nitrogens is 1. The Morgan fingerprint density at radius 3 is 2.53 bits per heavy atom. The number of nitrogens with zero attached hydrogens (tertiary/aromatic N) is 1. The van der Waals surface area contributed by atoms with Crippen molar-refractivity contribution in [3.8, 4) is 0 Å². The van der Waals surface area contributed by atoms with Crippen molar-refractivity contribution in [2.24, 2.45) is 17.3 Å². The monoisotopic (exact) mass is 491 g/mol. The normalized spacial score (nSPS) is 32.1. The quantitative estimate of drug-likeness (QED) is 0.432. The van der Waals surface area contributed by atoms with Crippen LogP contribution in [0.4, 0.5) is 0 Å². The third kappa shape index (κ3) is 7.59. The molecule has 2 heterocycles. The number of ether oxygens (including phenoxy) is 1. The highest BCUT2D eigenvalue weighted by atomic mass is 32.1. The van der Waals surface area contributed by atoms with Crippen LogP contribution in [0.1, 0.15) is 83.5 Å². The zero-order chi connectivity index (χ0) is 25.6. The molecule has 0 saturated heterocycles. The van der Waals surface area contributed by atoms with E-state index in [1.807, 2.05) is 26.8 Å². The topological polar surface area (TPSA) is 96.7 Å². The average molecular weight is 492 g/mol. The second-order valence-corrected chi connectivity index (χ2v) is 11.7. The summed E-state index contributed by atoms with van der Waals surface area (Å²) in [5.41, 5.74) is 0.909. The third-order valence-corrected chi connectivity index (χ3v) is 7.90. The van der Waals surface area contributed by atoms with Crippen molar-refractivity contribution in [3.63, 3.8) is 0 Å². The van der Waals surface area contributed by atoms with Gasteiger partial charge in [-0.2, -0.15) is 0 Å². The van der Waals surface area contributed by atoms with Gasteiger partial charge in [0.1, 0.15) is 11.9 Å². The number of esters is 1. The standard InChI is InChI=1S/C27H41NO5S/c1-16-9-8-10-17(2)25(31)19(4)26(32)27(6,7)23(29)14-24(30)33-22(12-11-16)18(3)13-21-15-28-20(5)34-21/h11,13,15,17,19,22-23,25,29,31H,8-10,12,14H2,1-7H3/b16-11-,18-13+. The highest BCUT2D eigenvalue weighted by molar-refractivity contribution is 7.12. The van der Waals surface area contributed by atoms with Crippen molar-refractivity contribution in [2.45, 2.75) is 98.9 Å². The molecule has 0 amide bonds. The lowest BCUT2D eigenvalue weighted by Gasteiger charge is -2.34. The van der Waals surface area contributed by atoms with Gasteiger partial charge in [-0.05, 0) is 57.6 Å². The number of carbonyl (C=O) groups excluding carboxylic acids is 2. The molecule has 0 spiro atoms. The van der Waals surface area contributed by atoms with Crippen LogP contribution in [0.15, 0.2) is 23.4 Å². The number of ketones is 1. The molecule has 0 aromatic carbocycles. The molecule has 6 nitrogen and oxygen atoms in total. The minimum atomic E-state index is -1.21. The first-order valence-electron chi connectivity index (χ1n) is 12.2. The molecule has 1 aliphatic heterocycles. The van der Waals surface area contributed by atoms with Crippen LogP contribution in [-0.2, 0) is 14.3 Å². The molecule has 1 aromatic heterocycles. The van der Waals surface area contributed by atoms with Crippen LogP contribution in [0.5, 0.6) is 0 Å². The van der Waals surface area contributed by atoms with E-state index in [0.717, 1.165) is 34.7 Å². The van der Waals surface area contributed by atoms with Gasteiger partial charge in [-0.3, -0.25) is 9.59 Å². The zero-order valence-electron chi connectivity index (χ0n) is 21.6. The number of rotatable bonds is 2. The second kappa shape index (κ2) is 12.2. The Morgan fingerprint density at radius 2 is 1.91 bits per heavy atom. The maximum Gasteiger partial charge on any atom is 0.309 e. The van der Waals surface area contributed by atoms with Gasteiger partial charge in [0, 0.05) is 23.4 Å². The molecule has 34 heavy (non-hydrogen) atoms. The fraction of sp³-hybridized carbons (Fsp3) is 0.667. The summed E-state index contributed by atoms with van der Waals surface area (Å²) in [5.74, 6) is -1.48. The number of hydrogen-bond acceptors (Lipinski definition) is 7. The number of allylic oxidation sites excluding steroid dienone is 1. The van der Waals surface area contributed by atoms with Gasteiger partial charge in [-0.1, -0.05) is 39.3 Å². The summed E-state index contributed by atoms with van der Waals surface area (Å²) in [6.45, 7) is 12.9. The van der Waals surface area contributed by atoms with E-state index in [4.69, 9.17) is 4.74 Å². The lowest BCUT2D eigenvalue weighted by Crippen LogP contribution is -2.45. The zero-order valence-corrected chi connectivity index (χ0v) is 22.4. The summed E-state index contributed by atoms with van der Waals surface area (Å²) < 4.78 is 5.82. The van der Waals surface area contributed by atoms with Gasteiger partial charge in [0.25, 0.3) is 0 Å². The Kier molecular flexibility index (Phi) is 10.2. The minimum Gasteiger partial charge on any atom is -0.457 e. The molecule has 1 aromatic rings. The Balaban J connectivity index is 2.33. The molecular weight excluding hydrogens is 450 g/mol. The molecule has 2 N–H and O–H groups in total. The molecule has 0 bridgehead atoms. The molecule has 0 saturated carbocycles. The highest BCUT2D eigenvalue weighted by Gasteiger charge is 2.42. The second-order valence-electron chi connectivity index (χ2n) is 10.4. The van der Waals surface area contributed by atoms with Gasteiger partial charge in [-0.15, -0.1) is 11.3 Å². The van der Waals surface area contributed by atoms with E-state index in [1.165, 1.54) is 5.57 Å². The lowest BCUT2D eigenvalue weighted by molar-refractivity contribution is -0.154. The number of carbonyl (C=O) groups is 2. The number of aliphatic hydroxyl groups is 2. The van der Waals surface area contributed by atoms with E-state index in [9.17, 15) is 19.8 Å². The van der Waals surface area contributed by atoms with E-state index in [1.54, 1.807) is 38.3 Å². The number of cyclic esters (lactones) is 1. The predicted molar refractivity (Wildman–Crippen MR) is 136 cm³/mol. The van der Waals surface area contributed by atoms with Crippen LogP contribution in [0.25, 0.3) is 6.08 Å². The molecule has 0 aliphatic carbocycles. The Morgan fingerprint density at radius 1 is 1.24 bits per heavy atom. The molecule has 5 unspecified atom stereocenters. The Labute approximate surface area is 208 Å². The first-order valence-corrected chi connectivity index (χ1v) is 13.0. The number of Topliss-reactive ketones (excluding diaryl/α,β-unsaturated/α-hetero) is 1. The molecule has 0 fully saturated rings. The summed E-state index contributed by atoms with van der Waals surface area (Å²) >= 11 is 1.57. The first-order chi connectivity index (χ1) is 15.8. The van der Waals surface area contributed by atoms with Crippen LogP contribution in [0, 0.1) is 24.2 Å². The molecule has 1 aliphatic rings. The van der Waals surface area contributed by atoms with Crippen LogP contribution >= 0.6 is 11.3 Å². The van der Waals surface area contributed by atoms with Crippen molar-refractivity contribution in [1.82, 2.24) is 4.98 Å². The minimum absolute atomic E-state index is 0.0432. The predicted octanol–water partition coefficient (Wildman–Crippen LogP) is 5.27. The molecule has 0 radical (unpaired) electrons. The van der Waals surface area contributed by atoms with Crippen molar-refractivity contribution in [1.29, 1.82) is 0 Å². The van der Waals surface area contributed by atoms with Crippen molar-refractivity contribution in [3.05, 3.63) is 33.3 Å². The molecule has 190 valence electrons. The van der Waals surface area contributed by atoms with Crippen LogP contribution in [-0.4, -0.2) is 45.3 Å². The van der Waals surface area contributed by atoms with Crippen LogP contribution in [0.3, 0.4) is 0 Å². The van der Waals surface area contributed by atoms with Crippen molar-refractivity contribution >= 4 is 29.2 Å².